The van der Waals surface area contributed by atoms with Gasteiger partial charge >= 0.3 is 0 Å². The molecule has 5 heteroatoms. The zero-order chi connectivity index (χ0) is 22.6. The number of carbonyl (C=O) groups excluding carboxylic acids is 2. The third kappa shape index (κ3) is 4.55. The lowest BCUT2D eigenvalue weighted by molar-refractivity contribution is -0.121. The highest BCUT2D eigenvalue weighted by atomic mass is 16.5. The molecule has 1 fully saturated rings. The van der Waals surface area contributed by atoms with Crippen LogP contribution in [0.5, 0.6) is 5.75 Å². The number of rotatable bonds is 5. The van der Waals surface area contributed by atoms with Crippen LogP contribution in [0.25, 0.3) is 0 Å². The first-order chi connectivity index (χ1) is 16.2. The fraction of sp³-hybridized carbons (Fsp3) is 0.286. The van der Waals surface area contributed by atoms with Crippen molar-refractivity contribution in [3.8, 4) is 5.75 Å². The van der Waals surface area contributed by atoms with Crippen LogP contribution in [0.2, 0.25) is 0 Å². The second kappa shape index (κ2) is 9.59. The predicted molar refractivity (Wildman–Crippen MR) is 129 cm³/mol. The Kier molecular flexibility index (Phi) is 6.22. The summed E-state index contributed by atoms with van der Waals surface area (Å²) in [5.41, 5.74) is 2.66. The first-order valence-corrected chi connectivity index (χ1v) is 11.6. The SMILES string of the molecule is O=C(c1ccccc1)C1CCN(CC(=O)N2c3ccccc3OCC2c2ccccc2)CC1. The van der Waals surface area contributed by atoms with E-state index in [0.29, 0.717) is 13.2 Å². The number of likely N-dealkylation sites (tertiary alicyclic amines) is 1. The number of ether oxygens (including phenoxy) is 1. The number of benzene rings is 3. The van der Waals surface area contributed by atoms with Gasteiger partial charge in [-0.3, -0.25) is 19.4 Å². The van der Waals surface area contributed by atoms with E-state index in [2.05, 4.69) is 4.90 Å². The molecule has 1 unspecified atom stereocenters. The number of piperidine rings is 1. The van der Waals surface area contributed by atoms with Crippen molar-refractivity contribution in [3.63, 3.8) is 0 Å². The highest BCUT2D eigenvalue weighted by Gasteiger charge is 2.35. The first kappa shape index (κ1) is 21.4. The summed E-state index contributed by atoms with van der Waals surface area (Å²) in [6, 6.07) is 27.1. The van der Waals surface area contributed by atoms with Gasteiger partial charge < -0.3 is 4.74 Å². The van der Waals surface area contributed by atoms with Gasteiger partial charge in [-0.25, -0.2) is 0 Å². The number of carbonyl (C=O) groups is 2. The fourth-order valence-electron chi connectivity index (χ4n) is 4.88. The number of ketones is 1. The molecule has 3 aromatic rings. The Balaban J connectivity index is 1.29. The zero-order valence-electron chi connectivity index (χ0n) is 18.6. The highest BCUT2D eigenvalue weighted by Crippen LogP contribution is 2.39. The number of anilines is 1. The van der Waals surface area contributed by atoms with Crippen LogP contribution in [0, 0.1) is 5.92 Å². The average molecular weight is 441 g/mol. The zero-order valence-corrected chi connectivity index (χ0v) is 18.6. The second-order valence-electron chi connectivity index (χ2n) is 8.75. The third-order valence-electron chi connectivity index (χ3n) is 6.66. The molecule has 1 amide bonds. The van der Waals surface area contributed by atoms with Crippen LogP contribution in [-0.4, -0.2) is 42.8 Å². The number of amides is 1. The minimum absolute atomic E-state index is 0.0277. The molecule has 2 aliphatic rings. The van der Waals surface area contributed by atoms with Crippen molar-refractivity contribution in [2.24, 2.45) is 5.92 Å². The lowest BCUT2D eigenvalue weighted by Crippen LogP contribution is -2.48. The fourth-order valence-corrected chi connectivity index (χ4v) is 4.88. The molecule has 1 saturated heterocycles. The van der Waals surface area contributed by atoms with Gasteiger partial charge in [0.15, 0.2) is 5.78 Å². The van der Waals surface area contributed by atoms with E-state index in [9.17, 15) is 9.59 Å². The molecule has 5 nitrogen and oxygen atoms in total. The topological polar surface area (TPSA) is 49.9 Å². The van der Waals surface area contributed by atoms with E-state index in [1.165, 1.54) is 0 Å². The van der Waals surface area contributed by atoms with Gasteiger partial charge in [0.2, 0.25) is 5.91 Å². The molecule has 3 aromatic carbocycles. The Bertz CT molecular complexity index is 1110. The summed E-state index contributed by atoms with van der Waals surface area (Å²) in [5, 5.41) is 0. The molecule has 33 heavy (non-hydrogen) atoms. The molecule has 0 N–H and O–H groups in total. The van der Waals surface area contributed by atoms with Crippen molar-refractivity contribution in [1.29, 1.82) is 0 Å². The molecule has 0 saturated carbocycles. The lowest BCUT2D eigenvalue weighted by atomic mass is 9.89. The summed E-state index contributed by atoms with van der Waals surface area (Å²) >= 11 is 0. The molecule has 1 atom stereocenters. The van der Waals surface area contributed by atoms with E-state index in [0.717, 1.165) is 48.5 Å². The van der Waals surface area contributed by atoms with Crippen molar-refractivity contribution in [1.82, 2.24) is 4.90 Å². The van der Waals surface area contributed by atoms with Gasteiger partial charge in [-0.1, -0.05) is 72.8 Å². The first-order valence-electron chi connectivity index (χ1n) is 11.6. The van der Waals surface area contributed by atoms with E-state index < -0.39 is 0 Å². The van der Waals surface area contributed by atoms with Gasteiger partial charge in [0, 0.05) is 11.5 Å². The minimum atomic E-state index is -0.161. The van der Waals surface area contributed by atoms with Crippen LogP contribution in [0.15, 0.2) is 84.9 Å². The lowest BCUT2D eigenvalue weighted by Gasteiger charge is -2.39. The van der Waals surface area contributed by atoms with Crippen molar-refractivity contribution >= 4 is 17.4 Å². The maximum atomic E-state index is 13.6. The molecular formula is C28H28N2O3. The molecule has 168 valence electrons. The molecule has 0 spiro atoms. The van der Waals surface area contributed by atoms with Crippen LogP contribution in [0.4, 0.5) is 5.69 Å². The maximum Gasteiger partial charge on any atom is 0.241 e. The summed E-state index contributed by atoms with van der Waals surface area (Å²) in [4.78, 5) is 30.5. The van der Waals surface area contributed by atoms with Crippen molar-refractivity contribution in [2.75, 3.05) is 31.1 Å². The Morgan fingerprint density at radius 1 is 0.818 bits per heavy atom. The van der Waals surface area contributed by atoms with Crippen LogP contribution < -0.4 is 9.64 Å². The van der Waals surface area contributed by atoms with E-state index in [1.54, 1.807) is 0 Å². The number of fused-ring (bicyclic) bond motifs is 1. The van der Waals surface area contributed by atoms with Gasteiger partial charge in [0.1, 0.15) is 12.4 Å². The summed E-state index contributed by atoms with van der Waals surface area (Å²) in [5.74, 6) is 1.05. The predicted octanol–water partition coefficient (Wildman–Crippen LogP) is 4.75. The Morgan fingerprint density at radius 2 is 1.45 bits per heavy atom. The van der Waals surface area contributed by atoms with Crippen molar-refractivity contribution in [2.45, 2.75) is 18.9 Å². The van der Waals surface area contributed by atoms with E-state index >= 15 is 0 Å². The number of hydrogen-bond donors (Lipinski definition) is 0. The van der Waals surface area contributed by atoms with Gasteiger partial charge in [0.25, 0.3) is 0 Å². The molecule has 5 rings (SSSR count). The molecule has 0 aliphatic carbocycles. The monoisotopic (exact) mass is 440 g/mol. The van der Waals surface area contributed by atoms with Gasteiger partial charge in [-0.05, 0) is 43.6 Å². The Hall–Kier alpha value is -3.44. The quantitative estimate of drug-likeness (QED) is 0.538. The number of hydrogen-bond acceptors (Lipinski definition) is 4. The van der Waals surface area contributed by atoms with Crippen LogP contribution in [0.3, 0.4) is 0 Å². The number of para-hydroxylation sites is 2. The smallest absolute Gasteiger partial charge is 0.241 e. The molecule has 0 radical (unpaired) electrons. The summed E-state index contributed by atoms with van der Waals surface area (Å²) in [6.07, 6.45) is 1.56. The number of Topliss-reactive ketones (excluding diaryl/α,β-unsaturated/α-hetero) is 1. The number of nitrogens with zero attached hydrogens (tertiary/aromatic N) is 2. The molecule has 0 bridgehead atoms. The van der Waals surface area contributed by atoms with E-state index in [4.69, 9.17) is 4.74 Å². The standard InChI is InChI=1S/C28H28N2O3/c31-27(19-29-17-15-23(16-18-29)28(32)22-11-5-2-6-12-22)30-24-13-7-8-14-26(24)33-20-25(30)21-9-3-1-4-10-21/h1-14,23,25H,15-20H2. The van der Waals surface area contributed by atoms with E-state index in [-0.39, 0.29) is 23.7 Å². The van der Waals surface area contributed by atoms with Gasteiger partial charge in [-0.15, -0.1) is 0 Å². The minimum Gasteiger partial charge on any atom is -0.489 e. The third-order valence-corrected chi connectivity index (χ3v) is 6.66. The van der Waals surface area contributed by atoms with E-state index in [1.807, 2.05) is 89.8 Å². The Morgan fingerprint density at radius 3 is 2.18 bits per heavy atom. The largest absolute Gasteiger partial charge is 0.489 e. The Labute approximate surface area is 194 Å². The van der Waals surface area contributed by atoms with Crippen LogP contribution >= 0.6 is 0 Å². The van der Waals surface area contributed by atoms with Gasteiger partial charge in [-0.2, -0.15) is 0 Å². The highest BCUT2D eigenvalue weighted by molar-refractivity contribution is 5.98. The normalized spacial score (nSPS) is 18.9. The second-order valence-corrected chi connectivity index (χ2v) is 8.75. The molecule has 2 heterocycles. The molecular weight excluding hydrogens is 412 g/mol. The van der Waals surface area contributed by atoms with Crippen LogP contribution in [-0.2, 0) is 4.79 Å². The molecule has 2 aliphatic heterocycles. The van der Waals surface area contributed by atoms with Crippen LogP contribution in [0.1, 0.15) is 34.8 Å². The maximum absolute atomic E-state index is 13.6. The van der Waals surface area contributed by atoms with Gasteiger partial charge in [0.05, 0.1) is 18.3 Å². The summed E-state index contributed by atoms with van der Waals surface area (Å²) in [6.45, 7) is 2.26. The average Bonchev–Trinajstić information content (AvgIpc) is 2.89. The molecule has 0 aromatic heterocycles. The summed E-state index contributed by atoms with van der Waals surface area (Å²) < 4.78 is 6.00. The van der Waals surface area contributed by atoms with Crippen molar-refractivity contribution in [3.05, 3.63) is 96.1 Å². The summed E-state index contributed by atoms with van der Waals surface area (Å²) in [7, 11) is 0. The van der Waals surface area contributed by atoms with Crippen molar-refractivity contribution < 1.29 is 14.3 Å².